The molecule has 1 saturated carbocycles. The first-order valence-corrected chi connectivity index (χ1v) is 7.30. The summed E-state index contributed by atoms with van der Waals surface area (Å²) in [7, 11) is 0. The summed E-state index contributed by atoms with van der Waals surface area (Å²) < 4.78 is 8.24. The average Bonchev–Trinajstić information content (AvgIpc) is 3.22. The summed E-state index contributed by atoms with van der Waals surface area (Å²) in [5.41, 5.74) is 2.36. The molecule has 1 heterocycles. The van der Waals surface area contributed by atoms with E-state index in [1.807, 2.05) is 30.7 Å². The number of hydrogen-bond donors (Lipinski definition) is 1. The molecule has 1 aromatic heterocycles. The highest BCUT2D eigenvalue weighted by Gasteiger charge is 2.25. The summed E-state index contributed by atoms with van der Waals surface area (Å²) in [6, 6.07) is 8.85. The van der Waals surface area contributed by atoms with Gasteiger partial charge in [-0.25, -0.2) is 4.98 Å². The minimum Gasteiger partial charge on any atom is -0.487 e. The Balaban J connectivity index is 1.66. The lowest BCUT2D eigenvalue weighted by atomic mass is 10.2. The van der Waals surface area contributed by atoms with Crippen LogP contribution >= 0.6 is 0 Å². The fourth-order valence-corrected chi connectivity index (χ4v) is 2.33. The Labute approximate surface area is 119 Å². The largest absolute Gasteiger partial charge is 0.487 e. The first-order valence-electron chi connectivity index (χ1n) is 7.30. The molecule has 20 heavy (non-hydrogen) atoms. The van der Waals surface area contributed by atoms with Crippen molar-refractivity contribution < 1.29 is 4.74 Å². The summed E-state index contributed by atoms with van der Waals surface area (Å²) in [5, 5.41) is 3.34. The molecule has 0 saturated heterocycles. The third-order valence-corrected chi connectivity index (χ3v) is 3.60. The number of rotatable bonds is 7. The smallest absolute Gasteiger partial charge is 0.130 e. The Morgan fingerprint density at radius 1 is 1.35 bits per heavy atom. The Kier molecular flexibility index (Phi) is 4.02. The molecule has 0 unspecified atom stereocenters. The molecule has 0 aliphatic heterocycles. The van der Waals surface area contributed by atoms with Crippen molar-refractivity contribution >= 4 is 0 Å². The molecule has 0 bridgehead atoms. The van der Waals surface area contributed by atoms with Crippen molar-refractivity contribution in [3.05, 3.63) is 48.0 Å². The minimum absolute atomic E-state index is 0.583. The van der Waals surface area contributed by atoms with Crippen molar-refractivity contribution in [2.45, 2.75) is 39.0 Å². The normalized spacial score (nSPS) is 14.4. The van der Waals surface area contributed by atoms with Gasteiger partial charge >= 0.3 is 0 Å². The molecule has 2 aromatic rings. The van der Waals surface area contributed by atoms with Gasteiger partial charge in [0.25, 0.3) is 0 Å². The lowest BCUT2D eigenvalue weighted by Crippen LogP contribution is -2.13. The lowest BCUT2D eigenvalue weighted by Gasteiger charge is -2.12. The maximum atomic E-state index is 6.00. The number of para-hydroxylation sites is 1. The lowest BCUT2D eigenvalue weighted by molar-refractivity contribution is 0.291. The summed E-state index contributed by atoms with van der Waals surface area (Å²) in [4.78, 5) is 4.24. The zero-order chi connectivity index (χ0) is 13.8. The second-order valence-electron chi connectivity index (χ2n) is 5.20. The summed E-state index contributed by atoms with van der Waals surface area (Å²) in [5.74, 6) is 0.956. The molecule has 1 aliphatic rings. The Morgan fingerprint density at radius 3 is 3.00 bits per heavy atom. The fraction of sp³-hybridized carbons (Fsp3) is 0.438. The maximum absolute atomic E-state index is 6.00. The van der Waals surface area contributed by atoms with Crippen molar-refractivity contribution in [2.24, 2.45) is 0 Å². The van der Waals surface area contributed by atoms with Crippen LogP contribution in [0.5, 0.6) is 5.75 Å². The molecular weight excluding hydrogens is 250 g/mol. The molecule has 1 aliphatic carbocycles. The number of ether oxygens (including phenoxy) is 1. The van der Waals surface area contributed by atoms with Crippen LogP contribution in [0.15, 0.2) is 36.8 Å². The number of aromatic nitrogens is 2. The SMILES string of the molecule is CCNCc1ccccc1OCc1cncn1C1CC1. The monoisotopic (exact) mass is 271 g/mol. The van der Waals surface area contributed by atoms with E-state index in [9.17, 15) is 0 Å². The number of nitrogens with zero attached hydrogens (tertiary/aromatic N) is 2. The fourth-order valence-electron chi connectivity index (χ4n) is 2.33. The third-order valence-electron chi connectivity index (χ3n) is 3.60. The Bertz CT molecular complexity index is 560. The van der Waals surface area contributed by atoms with E-state index in [0.29, 0.717) is 12.6 Å². The first kappa shape index (κ1) is 13.2. The molecule has 106 valence electrons. The van der Waals surface area contributed by atoms with Gasteiger partial charge in [-0.2, -0.15) is 0 Å². The van der Waals surface area contributed by atoms with Crippen LogP contribution in [0.2, 0.25) is 0 Å². The molecule has 0 atom stereocenters. The molecule has 0 radical (unpaired) electrons. The van der Waals surface area contributed by atoms with Crippen LogP contribution in [0, 0.1) is 0 Å². The standard InChI is InChI=1S/C16H21N3O/c1-2-17-9-13-5-3-4-6-16(13)20-11-15-10-18-12-19(15)14-7-8-14/h3-6,10,12,14,17H,2,7-9,11H2,1H3. The van der Waals surface area contributed by atoms with Crippen LogP contribution in [0.25, 0.3) is 0 Å². The van der Waals surface area contributed by atoms with Gasteiger partial charge in [0.1, 0.15) is 12.4 Å². The van der Waals surface area contributed by atoms with Crippen LogP contribution in [0.3, 0.4) is 0 Å². The van der Waals surface area contributed by atoms with Gasteiger partial charge in [0.15, 0.2) is 0 Å². The van der Waals surface area contributed by atoms with Crippen molar-refractivity contribution in [3.63, 3.8) is 0 Å². The molecule has 0 spiro atoms. The van der Waals surface area contributed by atoms with Crippen molar-refractivity contribution in [1.29, 1.82) is 0 Å². The number of nitrogens with one attached hydrogen (secondary N) is 1. The van der Waals surface area contributed by atoms with E-state index in [2.05, 4.69) is 27.9 Å². The molecule has 4 heteroatoms. The molecule has 1 fully saturated rings. The van der Waals surface area contributed by atoms with E-state index in [1.54, 1.807) is 0 Å². The third kappa shape index (κ3) is 3.02. The molecular formula is C16H21N3O. The zero-order valence-corrected chi connectivity index (χ0v) is 11.9. The van der Waals surface area contributed by atoms with E-state index < -0.39 is 0 Å². The summed E-state index contributed by atoms with van der Waals surface area (Å²) in [6.07, 6.45) is 6.35. The van der Waals surface area contributed by atoms with Crippen molar-refractivity contribution in [1.82, 2.24) is 14.9 Å². The topological polar surface area (TPSA) is 39.1 Å². The molecule has 1 aromatic carbocycles. The maximum Gasteiger partial charge on any atom is 0.130 e. The molecule has 3 rings (SSSR count). The van der Waals surface area contributed by atoms with Crippen molar-refractivity contribution in [2.75, 3.05) is 6.54 Å². The van der Waals surface area contributed by atoms with Crippen LogP contribution in [0.4, 0.5) is 0 Å². The van der Waals surface area contributed by atoms with Gasteiger partial charge in [-0.1, -0.05) is 25.1 Å². The molecule has 1 N–H and O–H groups in total. The highest BCUT2D eigenvalue weighted by Crippen LogP contribution is 2.35. The second-order valence-corrected chi connectivity index (χ2v) is 5.20. The predicted molar refractivity (Wildman–Crippen MR) is 78.7 cm³/mol. The number of benzene rings is 1. The van der Waals surface area contributed by atoms with E-state index in [0.717, 1.165) is 24.5 Å². The highest BCUT2D eigenvalue weighted by molar-refractivity contribution is 5.33. The van der Waals surface area contributed by atoms with Crippen LogP contribution in [-0.4, -0.2) is 16.1 Å². The number of hydrogen-bond acceptors (Lipinski definition) is 3. The molecule has 0 amide bonds. The summed E-state index contributed by atoms with van der Waals surface area (Å²) >= 11 is 0. The van der Waals surface area contributed by atoms with Gasteiger partial charge in [-0.05, 0) is 25.5 Å². The second kappa shape index (κ2) is 6.09. The highest BCUT2D eigenvalue weighted by atomic mass is 16.5. The van der Waals surface area contributed by atoms with Crippen molar-refractivity contribution in [3.8, 4) is 5.75 Å². The van der Waals surface area contributed by atoms with Gasteiger partial charge in [0, 0.05) is 18.2 Å². The van der Waals surface area contributed by atoms with E-state index in [1.165, 1.54) is 18.4 Å². The van der Waals surface area contributed by atoms with E-state index in [-0.39, 0.29) is 0 Å². The van der Waals surface area contributed by atoms with E-state index >= 15 is 0 Å². The zero-order valence-electron chi connectivity index (χ0n) is 11.9. The molecule has 4 nitrogen and oxygen atoms in total. The summed E-state index contributed by atoms with van der Waals surface area (Å²) in [6.45, 7) is 4.49. The minimum atomic E-state index is 0.583. The van der Waals surface area contributed by atoms with Gasteiger partial charge < -0.3 is 14.6 Å². The van der Waals surface area contributed by atoms with Gasteiger partial charge in [-0.15, -0.1) is 0 Å². The van der Waals surface area contributed by atoms with Gasteiger partial charge in [0.2, 0.25) is 0 Å². The average molecular weight is 271 g/mol. The number of imidazole rings is 1. The predicted octanol–water partition coefficient (Wildman–Crippen LogP) is 2.91. The van der Waals surface area contributed by atoms with Crippen LogP contribution < -0.4 is 10.1 Å². The van der Waals surface area contributed by atoms with Crippen LogP contribution in [0.1, 0.15) is 37.1 Å². The van der Waals surface area contributed by atoms with Crippen LogP contribution in [-0.2, 0) is 13.2 Å². The first-order chi connectivity index (χ1) is 9.88. The Morgan fingerprint density at radius 2 is 2.20 bits per heavy atom. The Hall–Kier alpha value is -1.81. The van der Waals surface area contributed by atoms with Gasteiger partial charge in [-0.3, -0.25) is 0 Å². The van der Waals surface area contributed by atoms with Gasteiger partial charge in [0.05, 0.1) is 18.2 Å². The van der Waals surface area contributed by atoms with E-state index in [4.69, 9.17) is 4.74 Å². The quantitative estimate of drug-likeness (QED) is 0.841.